The molecule has 0 unspecified atom stereocenters. The van der Waals surface area contributed by atoms with E-state index in [2.05, 4.69) is 48.0 Å². The number of aromatic nitrogens is 1. The third kappa shape index (κ3) is 3.05. The highest BCUT2D eigenvalue weighted by atomic mass is 79.9. The molecule has 2 aromatic carbocycles. The molecule has 2 heterocycles. The first-order chi connectivity index (χ1) is 12.0. The van der Waals surface area contributed by atoms with Crippen molar-refractivity contribution in [3.63, 3.8) is 0 Å². The molecule has 1 N–H and O–H groups in total. The van der Waals surface area contributed by atoms with Crippen molar-refractivity contribution < 1.29 is 4.42 Å². The highest BCUT2D eigenvalue weighted by Gasteiger charge is 2.12. The van der Waals surface area contributed by atoms with Gasteiger partial charge in [0.2, 0.25) is 5.55 Å². The smallest absolute Gasteiger partial charge is 0.222 e. The lowest BCUT2D eigenvalue weighted by molar-refractivity contribution is 0.536. The van der Waals surface area contributed by atoms with E-state index >= 15 is 0 Å². The summed E-state index contributed by atoms with van der Waals surface area (Å²) in [6, 6.07) is 14.1. The maximum Gasteiger partial charge on any atom is 0.222 e. The molecule has 0 amide bonds. The van der Waals surface area contributed by atoms with Gasteiger partial charge in [-0.05, 0) is 43.7 Å². The SMILES string of the molecule is Cc1ccc(-c2csc(-c3cc4cc(Br)ccc4oc3=N)n2)c(C)c1. The van der Waals surface area contributed by atoms with Crippen molar-refractivity contribution in [3.05, 3.63) is 69.0 Å². The van der Waals surface area contributed by atoms with Crippen LogP contribution in [0.4, 0.5) is 0 Å². The quantitative estimate of drug-likeness (QED) is 0.435. The number of hydrogen-bond donors (Lipinski definition) is 1. The lowest BCUT2D eigenvalue weighted by Crippen LogP contribution is -2.02. The first kappa shape index (κ1) is 16.2. The second kappa shape index (κ2) is 6.24. The third-order valence-electron chi connectivity index (χ3n) is 4.12. The summed E-state index contributed by atoms with van der Waals surface area (Å²) >= 11 is 5.01. The normalized spacial score (nSPS) is 11.2. The van der Waals surface area contributed by atoms with Crippen LogP contribution in [0.15, 0.2) is 56.7 Å². The van der Waals surface area contributed by atoms with E-state index in [0.29, 0.717) is 11.1 Å². The molecule has 0 spiro atoms. The van der Waals surface area contributed by atoms with Gasteiger partial charge in [0.05, 0.1) is 11.3 Å². The largest absolute Gasteiger partial charge is 0.438 e. The minimum atomic E-state index is 0.136. The summed E-state index contributed by atoms with van der Waals surface area (Å²) in [6.07, 6.45) is 0. The van der Waals surface area contributed by atoms with E-state index in [0.717, 1.165) is 26.1 Å². The maximum absolute atomic E-state index is 8.22. The van der Waals surface area contributed by atoms with Gasteiger partial charge in [-0.25, -0.2) is 4.98 Å². The summed E-state index contributed by atoms with van der Waals surface area (Å²) in [5.74, 6) is 0. The second-order valence-electron chi connectivity index (χ2n) is 6.03. The Morgan fingerprint density at radius 2 is 1.88 bits per heavy atom. The van der Waals surface area contributed by atoms with Crippen LogP contribution in [-0.2, 0) is 0 Å². The molecule has 0 aliphatic heterocycles. The van der Waals surface area contributed by atoms with Crippen molar-refractivity contribution in [3.8, 4) is 21.8 Å². The minimum absolute atomic E-state index is 0.136. The van der Waals surface area contributed by atoms with Crippen LogP contribution < -0.4 is 5.55 Å². The van der Waals surface area contributed by atoms with Crippen molar-refractivity contribution in [1.29, 1.82) is 5.41 Å². The van der Waals surface area contributed by atoms with Crippen LogP contribution in [0, 0.1) is 19.3 Å². The molecule has 2 aromatic heterocycles. The number of fused-ring (bicyclic) bond motifs is 1. The molecule has 25 heavy (non-hydrogen) atoms. The van der Waals surface area contributed by atoms with E-state index in [9.17, 15) is 0 Å². The average Bonchev–Trinajstić information content (AvgIpc) is 3.04. The molecule has 0 atom stereocenters. The molecule has 0 fully saturated rings. The monoisotopic (exact) mass is 410 g/mol. The fourth-order valence-electron chi connectivity index (χ4n) is 2.89. The van der Waals surface area contributed by atoms with E-state index < -0.39 is 0 Å². The van der Waals surface area contributed by atoms with Crippen LogP contribution in [0.3, 0.4) is 0 Å². The molecule has 0 bridgehead atoms. The number of hydrogen-bond acceptors (Lipinski definition) is 4. The molecule has 0 aliphatic rings. The van der Waals surface area contributed by atoms with Gasteiger partial charge < -0.3 is 4.42 Å². The zero-order valence-corrected chi connectivity index (χ0v) is 16.2. The Bertz CT molecular complexity index is 1160. The molecule has 5 heteroatoms. The molecule has 0 saturated heterocycles. The Kier molecular flexibility index (Phi) is 4.06. The van der Waals surface area contributed by atoms with E-state index in [1.54, 1.807) is 0 Å². The topological polar surface area (TPSA) is 49.9 Å². The van der Waals surface area contributed by atoms with Crippen LogP contribution >= 0.6 is 27.3 Å². The van der Waals surface area contributed by atoms with Gasteiger partial charge in [-0.3, -0.25) is 5.41 Å². The van der Waals surface area contributed by atoms with E-state index in [1.165, 1.54) is 22.5 Å². The molecule has 3 nitrogen and oxygen atoms in total. The zero-order valence-electron chi connectivity index (χ0n) is 13.8. The summed E-state index contributed by atoms with van der Waals surface area (Å²) in [5.41, 5.74) is 6.05. The number of aryl methyl sites for hydroxylation is 2. The maximum atomic E-state index is 8.22. The van der Waals surface area contributed by atoms with Gasteiger partial charge in [0, 0.05) is 20.8 Å². The summed E-state index contributed by atoms with van der Waals surface area (Å²) in [6.45, 7) is 4.19. The van der Waals surface area contributed by atoms with Crippen LogP contribution in [0.1, 0.15) is 11.1 Å². The fourth-order valence-corrected chi connectivity index (χ4v) is 4.10. The van der Waals surface area contributed by atoms with Crippen LogP contribution in [0.2, 0.25) is 0 Å². The molecule has 0 aliphatic carbocycles. The summed E-state index contributed by atoms with van der Waals surface area (Å²) in [5, 5.41) is 12.0. The molecular formula is C20H15BrN2OS. The van der Waals surface area contributed by atoms with Crippen molar-refractivity contribution in [2.24, 2.45) is 0 Å². The summed E-state index contributed by atoms with van der Waals surface area (Å²) in [4.78, 5) is 4.76. The van der Waals surface area contributed by atoms with E-state index in [-0.39, 0.29) is 5.55 Å². The Morgan fingerprint density at radius 1 is 1.04 bits per heavy atom. The first-order valence-corrected chi connectivity index (χ1v) is 9.50. The van der Waals surface area contributed by atoms with Crippen molar-refractivity contribution >= 4 is 38.2 Å². The standard InChI is InChI=1S/C20H15BrN2OS/c1-11-3-5-15(12(2)7-11)17-10-25-20(23-17)16-9-13-8-14(21)4-6-18(13)24-19(16)22/h3-10,22H,1-2H3. The molecule has 4 rings (SSSR count). The van der Waals surface area contributed by atoms with Gasteiger partial charge in [0.15, 0.2) is 0 Å². The van der Waals surface area contributed by atoms with Gasteiger partial charge in [0.1, 0.15) is 10.6 Å². The van der Waals surface area contributed by atoms with Gasteiger partial charge in [-0.2, -0.15) is 0 Å². The lowest BCUT2D eigenvalue weighted by atomic mass is 10.0. The van der Waals surface area contributed by atoms with Crippen molar-refractivity contribution in [2.45, 2.75) is 13.8 Å². The lowest BCUT2D eigenvalue weighted by Gasteiger charge is -2.04. The van der Waals surface area contributed by atoms with E-state index in [1.807, 2.05) is 29.6 Å². The summed E-state index contributed by atoms with van der Waals surface area (Å²) < 4.78 is 6.65. The Morgan fingerprint density at radius 3 is 2.68 bits per heavy atom. The van der Waals surface area contributed by atoms with Crippen LogP contribution in [0.5, 0.6) is 0 Å². The number of thiazole rings is 1. The number of rotatable bonds is 2. The van der Waals surface area contributed by atoms with Crippen LogP contribution in [-0.4, -0.2) is 4.98 Å². The highest BCUT2D eigenvalue weighted by Crippen LogP contribution is 2.31. The Hall–Kier alpha value is -2.24. The number of halogens is 1. The highest BCUT2D eigenvalue weighted by molar-refractivity contribution is 9.10. The molecular weight excluding hydrogens is 396 g/mol. The van der Waals surface area contributed by atoms with E-state index in [4.69, 9.17) is 14.8 Å². The average molecular weight is 411 g/mol. The Labute approximate surface area is 157 Å². The third-order valence-corrected chi connectivity index (χ3v) is 5.49. The van der Waals surface area contributed by atoms with Gasteiger partial charge in [-0.1, -0.05) is 39.7 Å². The van der Waals surface area contributed by atoms with Crippen molar-refractivity contribution in [2.75, 3.05) is 0 Å². The molecule has 0 radical (unpaired) electrons. The van der Waals surface area contributed by atoms with Crippen LogP contribution in [0.25, 0.3) is 32.8 Å². The predicted octanol–water partition coefficient (Wildman–Crippen LogP) is 6.08. The number of benzene rings is 2. The molecule has 124 valence electrons. The predicted molar refractivity (Wildman–Crippen MR) is 106 cm³/mol. The minimum Gasteiger partial charge on any atom is -0.438 e. The van der Waals surface area contributed by atoms with Gasteiger partial charge >= 0.3 is 0 Å². The Balaban J connectivity index is 1.83. The zero-order chi connectivity index (χ0) is 17.6. The number of nitrogens with zero attached hydrogens (tertiary/aromatic N) is 1. The fraction of sp³-hybridized carbons (Fsp3) is 0.100. The van der Waals surface area contributed by atoms with Gasteiger partial charge in [-0.15, -0.1) is 11.3 Å². The van der Waals surface area contributed by atoms with Gasteiger partial charge in [0.25, 0.3) is 0 Å². The first-order valence-electron chi connectivity index (χ1n) is 7.83. The molecule has 0 saturated carbocycles. The summed E-state index contributed by atoms with van der Waals surface area (Å²) in [7, 11) is 0. The van der Waals surface area contributed by atoms with Crippen molar-refractivity contribution in [1.82, 2.24) is 4.98 Å². The molecule has 4 aromatic rings. The number of nitrogens with one attached hydrogen (secondary N) is 1. The second-order valence-corrected chi connectivity index (χ2v) is 7.80.